The van der Waals surface area contributed by atoms with Crippen molar-refractivity contribution in [3.8, 4) is 34.0 Å². The fraction of sp³-hybridized carbons (Fsp3) is 0.143. The first-order valence-corrected chi connectivity index (χ1v) is 9.06. The zero-order valence-electron chi connectivity index (χ0n) is 16.1. The van der Waals surface area contributed by atoms with Crippen molar-refractivity contribution in [3.63, 3.8) is 0 Å². The maximum atomic E-state index is 11.6. The minimum absolute atomic E-state index is 0.0991. The van der Waals surface area contributed by atoms with Gasteiger partial charge in [-0.3, -0.25) is 4.79 Å². The molecule has 0 aliphatic heterocycles. The molecule has 3 N–H and O–H groups in total. The van der Waals surface area contributed by atoms with Crippen LogP contribution in [0, 0.1) is 0 Å². The van der Waals surface area contributed by atoms with Crippen LogP contribution in [-0.4, -0.2) is 26.7 Å². The van der Waals surface area contributed by atoms with E-state index in [-0.39, 0.29) is 11.4 Å². The maximum absolute atomic E-state index is 11.6. The van der Waals surface area contributed by atoms with Crippen LogP contribution in [0.15, 0.2) is 64.2 Å². The number of nitrogens with one attached hydrogen (secondary N) is 1. The molecule has 4 aromatic rings. The summed E-state index contributed by atoms with van der Waals surface area (Å²) >= 11 is 0. The minimum Gasteiger partial charge on any atom is -0.382 e. The number of aryl methyl sites for hydroxylation is 1. The zero-order chi connectivity index (χ0) is 20.4. The van der Waals surface area contributed by atoms with Gasteiger partial charge in [-0.15, -0.1) is 0 Å². The summed E-state index contributed by atoms with van der Waals surface area (Å²) in [4.78, 5) is 20.4. The van der Waals surface area contributed by atoms with Gasteiger partial charge in [0.1, 0.15) is 5.69 Å². The molecule has 0 saturated heterocycles. The second-order valence-corrected chi connectivity index (χ2v) is 6.66. The summed E-state index contributed by atoms with van der Waals surface area (Å²) < 4.78 is 6.98. The van der Waals surface area contributed by atoms with Gasteiger partial charge >= 0.3 is 0 Å². The highest BCUT2D eigenvalue weighted by atomic mass is 16.5. The first kappa shape index (κ1) is 18.6. The quantitative estimate of drug-likeness (QED) is 0.540. The summed E-state index contributed by atoms with van der Waals surface area (Å²) in [7, 11) is 3.59. The molecular formula is C21H20N6O2. The standard InChI is InChI=1S/C21H20N6O2/c1-23-10-13-3-5-14(6-4-13)16-9-18(29-26-16)20-21(22)24-11-17(25-20)15-7-8-19(28)27(2)12-15/h3-9,11-12,23H,10H2,1-2H3,(H2,22,24). The third-order valence-corrected chi connectivity index (χ3v) is 4.56. The number of nitrogens with zero attached hydrogens (tertiary/aromatic N) is 4. The Labute approximate surface area is 167 Å². The third kappa shape index (κ3) is 3.78. The van der Waals surface area contributed by atoms with Crippen LogP contribution >= 0.6 is 0 Å². The van der Waals surface area contributed by atoms with Crippen molar-refractivity contribution in [2.75, 3.05) is 12.8 Å². The average molecular weight is 388 g/mol. The van der Waals surface area contributed by atoms with E-state index in [4.69, 9.17) is 10.3 Å². The smallest absolute Gasteiger partial charge is 0.250 e. The van der Waals surface area contributed by atoms with E-state index in [1.165, 1.54) is 16.2 Å². The Hall–Kier alpha value is -3.78. The maximum Gasteiger partial charge on any atom is 0.250 e. The van der Waals surface area contributed by atoms with Crippen LogP contribution in [0.3, 0.4) is 0 Å². The SMILES string of the molecule is CNCc1ccc(-c2cc(-c3nc(-c4ccc(=O)n(C)c4)cnc3N)on2)cc1. The number of aromatic nitrogens is 4. The number of pyridine rings is 1. The first-order valence-electron chi connectivity index (χ1n) is 9.06. The average Bonchev–Trinajstić information content (AvgIpc) is 3.21. The van der Waals surface area contributed by atoms with Crippen molar-refractivity contribution < 1.29 is 4.52 Å². The third-order valence-electron chi connectivity index (χ3n) is 4.56. The number of hydrogen-bond donors (Lipinski definition) is 2. The summed E-state index contributed by atoms with van der Waals surface area (Å²) in [6.45, 7) is 0.800. The van der Waals surface area contributed by atoms with E-state index in [0.29, 0.717) is 22.8 Å². The van der Waals surface area contributed by atoms with Crippen LogP contribution in [0.4, 0.5) is 5.82 Å². The Morgan fingerprint density at radius 1 is 1.10 bits per heavy atom. The first-order chi connectivity index (χ1) is 14.0. The predicted octanol–water partition coefficient (Wildman–Crippen LogP) is 2.47. The van der Waals surface area contributed by atoms with Gasteiger partial charge in [-0.05, 0) is 18.7 Å². The summed E-state index contributed by atoms with van der Waals surface area (Å²) in [5, 5.41) is 7.27. The van der Waals surface area contributed by atoms with Gasteiger partial charge in [-0.2, -0.15) is 0 Å². The minimum atomic E-state index is -0.0991. The molecular weight excluding hydrogens is 368 g/mol. The molecule has 146 valence electrons. The lowest BCUT2D eigenvalue weighted by Gasteiger charge is -2.06. The number of nitrogens with two attached hydrogens (primary N) is 1. The molecule has 0 bridgehead atoms. The van der Waals surface area contributed by atoms with Crippen LogP contribution in [0.1, 0.15) is 5.56 Å². The molecule has 0 unspecified atom stereocenters. The Morgan fingerprint density at radius 3 is 2.59 bits per heavy atom. The van der Waals surface area contributed by atoms with Crippen LogP contribution in [0.5, 0.6) is 0 Å². The second-order valence-electron chi connectivity index (χ2n) is 6.66. The van der Waals surface area contributed by atoms with E-state index in [2.05, 4.69) is 20.4 Å². The molecule has 0 atom stereocenters. The number of benzene rings is 1. The van der Waals surface area contributed by atoms with E-state index in [9.17, 15) is 4.79 Å². The molecule has 3 aromatic heterocycles. The van der Waals surface area contributed by atoms with E-state index < -0.39 is 0 Å². The number of nitrogen functional groups attached to an aromatic ring is 1. The molecule has 8 nitrogen and oxygen atoms in total. The fourth-order valence-electron chi connectivity index (χ4n) is 2.98. The molecule has 0 spiro atoms. The molecule has 0 radical (unpaired) electrons. The molecule has 29 heavy (non-hydrogen) atoms. The van der Waals surface area contributed by atoms with Crippen molar-refractivity contribution in [1.82, 2.24) is 25.0 Å². The van der Waals surface area contributed by atoms with Gasteiger partial charge in [-0.25, -0.2) is 9.97 Å². The lowest BCUT2D eigenvalue weighted by molar-refractivity contribution is 0.434. The number of rotatable bonds is 5. The highest BCUT2D eigenvalue weighted by Gasteiger charge is 2.15. The molecule has 0 saturated carbocycles. The number of anilines is 1. The predicted molar refractivity (Wildman–Crippen MR) is 111 cm³/mol. The van der Waals surface area contributed by atoms with Gasteiger partial charge in [0.15, 0.2) is 17.3 Å². The summed E-state index contributed by atoms with van der Waals surface area (Å²) in [6.07, 6.45) is 3.27. The normalized spacial score (nSPS) is 11.0. The van der Waals surface area contributed by atoms with Crippen LogP contribution in [0.2, 0.25) is 0 Å². The Bertz CT molecular complexity index is 1210. The topological polar surface area (TPSA) is 112 Å². The molecule has 0 amide bonds. The molecule has 8 heteroatoms. The van der Waals surface area contributed by atoms with Gasteiger partial charge in [-0.1, -0.05) is 29.4 Å². The Balaban J connectivity index is 1.68. The molecule has 1 aromatic carbocycles. The van der Waals surface area contributed by atoms with E-state index >= 15 is 0 Å². The van der Waals surface area contributed by atoms with Crippen molar-refractivity contribution in [2.24, 2.45) is 7.05 Å². The highest BCUT2D eigenvalue weighted by molar-refractivity contribution is 5.72. The van der Waals surface area contributed by atoms with Gasteiger partial charge in [0.2, 0.25) is 5.56 Å². The number of hydrogen-bond acceptors (Lipinski definition) is 7. The van der Waals surface area contributed by atoms with Gasteiger partial charge in [0.05, 0.1) is 11.9 Å². The van der Waals surface area contributed by atoms with Gasteiger partial charge < -0.3 is 20.1 Å². The van der Waals surface area contributed by atoms with Crippen LogP contribution in [-0.2, 0) is 13.6 Å². The summed E-state index contributed by atoms with van der Waals surface area (Å²) in [5.74, 6) is 0.668. The monoisotopic (exact) mass is 388 g/mol. The molecule has 0 fully saturated rings. The lowest BCUT2D eigenvalue weighted by Crippen LogP contribution is -2.14. The Morgan fingerprint density at radius 2 is 1.86 bits per heavy atom. The van der Waals surface area contributed by atoms with Crippen LogP contribution < -0.4 is 16.6 Å². The fourth-order valence-corrected chi connectivity index (χ4v) is 2.98. The van der Waals surface area contributed by atoms with Gasteiger partial charge in [0, 0.05) is 43.0 Å². The highest BCUT2D eigenvalue weighted by Crippen LogP contribution is 2.29. The Kier molecular flexibility index (Phi) is 4.92. The summed E-state index contributed by atoms with van der Waals surface area (Å²) in [5.41, 5.74) is 10.5. The summed E-state index contributed by atoms with van der Waals surface area (Å²) in [6, 6.07) is 13.0. The van der Waals surface area contributed by atoms with Crippen molar-refractivity contribution >= 4 is 5.82 Å². The zero-order valence-corrected chi connectivity index (χ0v) is 16.1. The van der Waals surface area contributed by atoms with E-state index in [1.807, 2.05) is 31.3 Å². The molecule has 0 aliphatic rings. The molecule has 4 rings (SSSR count). The lowest BCUT2D eigenvalue weighted by atomic mass is 10.1. The van der Waals surface area contributed by atoms with Crippen molar-refractivity contribution in [3.05, 3.63) is 70.8 Å². The largest absolute Gasteiger partial charge is 0.382 e. The second kappa shape index (κ2) is 7.69. The van der Waals surface area contributed by atoms with Gasteiger partial charge in [0.25, 0.3) is 0 Å². The van der Waals surface area contributed by atoms with E-state index in [1.54, 1.807) is 31.6 Å². The van der Waals surface area contributed by atoms with E-state index in [0.717, 1.165) is 17.7 Å². The van der Waals surface area contributed by atoms with Crippen molar-refractivity contribution in [2.45, 2.75) is 6.54 Å². The molecule has 0 aliphatic carbocycles. The van der Waals surface area contributed by atoms with Crippen molar-refractivity contribution in [1.29, 1.82) is 0 Å². The molecule has 3 heterocycles. The van der Waals surface area contributed by atoms with Crippen LogP contribution in [0.25, 0.3) is 34.0 Å².